The maximum Gasteiger partial charge on any atom is 0.326 e. The van der Waals surface area contributed by atoms with Crippen molar-refractivity contribution < 1.29 is 22.7 Å². The monoisotopic (exact) mass is 489 g/mol. The Morgan fingerprint density at radius 1 is 1.39 bits per heavy atom. The molecule has 0 radical (unpaired) electrons. The summed E-state index contributed by atoms with van der Waals surface area (Å²) in [7, 11) is -3.49. The number of sulfonamides is 1. The number of thiazole rings is 1. The molecule has 11 heteroatoms. The van der Waals surface area contributed by atoms with Crippen molar-refractivity contribution in [3.8, 4) is 0 Å². The van der Waals surface area contributed by atoms with E-state index in [1.165, 1.54) is 15.6 Å². The van der Waals surface area contributed by atoms with Crippen LogP contribution in [0.25, 0.3) is 10.2 Å². The standard InChI is InChI=1S/C17H20BrN3O5S2/c1-3-26-15(22)10-20-12-7-6-11(18)9-14(12)27-17(20)19-16(23)13-5-4-8-21(13)28(2,24)25/h6-7,9,13H,3-5,8,10H2,1-2H3. The average Bonchev–Trinajstić information content (AvgIpc) is 3.20. The Kier molecular flexibility index (Phi) is 6.37. The molecule has 1 atom stereocenters. The highest BCUT2D eigenvalue weighted by Gasteiger charge is 2.36. The van der Waals surface area contributed by atoms with Crippen LogP contribution in [0.3, 0.4) is 0 Å². The first-order valence-corrected chi connectivity index (χ1v) is 12.2. The highest BCUT2D eigenvalue weighted by Crippen LogP contribution is 2.24. The largest absolute Gasteiger partial charge is 0.465 e. The minimum absolute atomic E-state index is 0.0813. The van der Waals surface area contributed by atoms with E-state index in [-0.39, 0.29) is 13.2 Å². The minimum atomic E-state index is -3.49. The molecule has 0 saturated carbocycles. The van der Waals surface area contributed by atoms with Crippen LogP contribution in [-0.2, 0) is 30.9 Å². The third-order valence-corrected chi connectivity index (χ3v) is 7.18. The van der Waals surface area contributed by atoms with E-state index in [2.05, 4.69) is 20.9 Å². The molecule has 1 saturated heterocycles. The van der Waals surface area contributed by atoms with Crippen LogP contribution in [0.1, 0.15) is 19.8 Å². The summed E-state index contributed by atoms with van der Waals surface area (Å²) in [5.74, 6) is -0.955. The van der Waals surface area contributed by atoms with Crippen LogP contribution in [0.15, 0.2) is 27.7 Å². The van der Waals surface area contributed by atoms with E-state index in [9.17, 15) is 18.0 Å². The number of rotatable bonds is 5. The van der Waals surface area contributed by atoms with Gasteiger partial charge in [0.05, 0.1) is 23.1 Å². The SMILES string of the molecule is CCOC(=O)Cn1c(=NC(=O)C2CCCN2S(C)(=O)=O)sc2cc(Br)ccc21. The van der Waals surface area contributed by atoms with Gasteiger partial charge in [-0.1, -0.05) is 27.3 Å². The smallest absolute Gasteiger partial charge is 0.326 e. The maximum atomic E-state index is 12.8. The molecule has 2 heterocycles. The van der Waals surface area contributed by atoms with Crippen molar-refractivity contribution in [2.24, 2.45) is 4.99 Å². The Bertz CT molecular complexity index is 1090. The number of nitrogens with zero attached hydrogens (tertiary/aromatic N) is 3. The number of benzene rings is 1. The molecule has 0 aliphatic carbocycles. The quantitative estimate of drug-likeness (QED) is 0.597. The van der Waals surface area contributed by atoms with Gasteiger partial charge in [-0.15, -0.1) is 0 Å². The highest BCUT2D eigenvalue weighted by molar-refractivity contribution is 9.10. The van der Waals surface area contributed by atoms with Gasteiger partial charge in [0.15, 0.2) is 4.80 Å². The zero-order chi connectivity index (χ0) is 20.5. The van der Waals surface area contributed by atoms with Crippen LogP contribution < -0.4 is 4.80 Å². The molecule has 2 aromatic rings. The molecular formula is C17H20BrN3O5S2. The molecule has 3 rings (SSSR count). The molecule has 152 valence electrons. The Hall–Kier alpha value is -1.56. The lowest BCUT2D eigenvalue weighted by Crippen LogP contribution is -2.40. The van der Waals surface area contributed by atoms with Gasteiger partial charge in [-0.25, -0.2) is 8.42 Å². The second-order valence-electron chi connectivity index (χ2n) is 6.37. The maximum absolute atomic E-state index is 12.8. The lowest BCUT2D eigenvalue weighted by molar-refractivity contribution is -0.143. The second kappa shape index (κ2) is 8.44. The van der Waals surface area contributed by atoms with Crippen molar-refractivity contribution >= 4 is 59.4 Å². The Morgan fingerprint density at radius 2 is 2.14 bits per heavy atom. The number of fused-ring (bicyclic) bond motifs is 1. The summed E-state index contributed by atoms with van der Waals surface area (Å²) >= 11 is 4.67. The average molecular weight is 490 g/mol. The number of carbonyl (C=O) groups is 2. The van der Waals surface area contributed by atoms with Gasteiger partial charge in [0.2, 0.25) is 10.0 Å². The Labute approximate surface area is 175 Å². The fourth-order valence-corrected chi connectivity index (χ4v) is 5.88. The van der Waals surface area contributed by atoms with Gasteiger partial charge in [-0.3, -0.25) is 9.59 Å². The number of esters is 1. The van der Waals surface area contributed by atoms with E-state index in [0.29, 0.717) is 24.2 Å². The predicted molar refractivity (Wildman–Crippen MR) is 109 cm³/mol. The Balaban J connectivity index is 2.05. The van der Waals surface area contributed by atoms with Gasteiger partial charge in [0.1, 0.15) is 12.6 Å². The third-order valence-electron chi connectivity index (χ3n) is 4.36. The van der Waals surface area contributed by atoms with Gasteiger partial charge < -0.3 is 9.30 Å². The van der Waals surface area contributed by atoms with E-state index in [0.717, 1.165) is 20.9 Å². The van der Waals surface area contributed by atoms with Gasteiger partial charge in [-0.2, -0.15) is 9.30 Å². The van der Waals surface area contributed by atoms with Gasteiger partial charge in [0.25, 0.3) is 5.91 Å². The molecule has 1 unspecified atom stereocenters. The third kappa shape index (κ3) is 4.53. The van der Waals surface area contributed by atoms with Crippen molar-refractivity contribution in [1.29, 1.82) is 0 Å². The minimum Gasteiger partial charge on any atom is -0.465 e. The molecule has 8 nitrogen and oxygen atoms in total. The molecular weight excluding hydrogens is 470 g/mol. The number of hydrogen-bond acceptors (Lipinski definition) is 6. The molecule has 1 aliphatic rings. The van der Waals surface area contributed by atoms with Crippen LogP contribution in [0.4, 0.5) is 0 Å². The molecule has 1 aliphatic heterocycles. The predicted octanol–water partition coefficient (Wildman–Crippen LogP) is 1.88. The Morgan fingerprint density at radius 3 is 2.82 bits per heavy atom. The molecule has 0 spiro atoms. The molecule has 0 bridgehead atoms. The van der Waals surface area contributed by atoms with Crippen molar-refractivity contribution in [2.45, 2.75) is 32.4 Å². The van der Waals surface area contributed by atoms with E-state index < -0.39 is 27.9 Å². The van der Waals surface area contributed by atoms with E-state index in [1.54, 1.807) is 11.5 Å². The normalized spacial score (nSPS) is 18.7. The summed E-state index contributed by atoms with van der Waals surface area (Å²) in [4.78, 5) is 29.3. The summed E-state index contributed by atoms with van der Waals surface area (Å²) in [5.41, 5.74) is 0.749. The number of amides is 1. The summed E-state index contributed by atoms with van der Waals surface area (Å²) in [6.07, 6.45) is 2.14. The summed E-state index contributed by atoms with van der Waals surface area (Å²) in [6.45, 7) is 2.21. The summed E-state index contributed by atoms with van der Waals surface area (Å²) in [6, 6.07) is 4.74. The number of aromatic nitrogens is 1. The van der Waals surface area contributed by atoms with Gasteiger partial charge in [-0.05, 0) is 38.0 Å². The highest BCUT2D eigenvalue weighted by atomic mass is 79.9. The van der Waals surface area contributed by atoms with E-state index in [1.807, 2.05) is 18.2 Å². The molecule has 1 aromatic carbocycles. The van der Waals surface area contributed by atoms with Crippen molar-refractivity contribution in [3.05, 3.63) is 27.5 Å². The zero-order valence-corrected chi connectivity index (χ0v) is 18.6. The fraction of sp³-hybridized carbons (Fsp3) is 0.471. The molecule has 28 heavy (non-hydrogen) atoms. The summed E-state index contributed by atoms with van der Waals surface area (Å²) in [5, 5.41) is 0. The van der Waals surface area contributed by atoms with Crippen molar-refractivity contribution in [1.82, 2.24) is 8.87 Å². The first kappa shape index (κ1) is 21.2. The number of ether oxygens (including phenoxy) is 1. The molecule has 1 aromatic heterocycles. The van der Waals surface area contributed by atoms with Gasteiger partial charge >= 0.3 is 5.97 Å². The van der Waals surface area contributed by atoms with E-state index >= 15 is 0 Å². The number of carbonyl (C=O) groups excluding carboxylic acids is 2. The summed E-state index contributed by atoms with van der Waals surface area (Å²) < 4.78 is 33.4. The van der Waals surface area contributed by atoms with Crippen molar-refractivity contribution in [3.63, 3.8) is 0 Å². The first-order chi connectivity index (χ1) is 13.2. The first-order valence-electron chi connectivity index (χ1n) is 8.70. The van der Waals surface area contributed by atoms with Crippen LogP contribution in [0.5, 0.6) is 0 Å². The fourth-order valence-electron chi connectivity index (χ4n) is 3.17. The topological polar surface area (TPSA) is 98.0 Å². The van der Waals surface area contributed by atoms with Gasteiger partial charge in [0, 0.05) is 11.0 Å². The van der Waals surface area contributed by atoms with Crippen molar-refractivity contribution in [2.75, 3.05) is 19.4 Å². The zero-order valence-electron chi connectivity index (χ0n) is 15.4. The lowest BCUT2D eigenvalue weighted by Gasteiger charge is -2.18. The molecule has 1 amide bonds. The number of hydrogen-bond donors (Lipinski definition) is 0. The van der Waals surface area contributed by atoms with Crippen LogP contribution in [0.2, 0.25) is 0 Å². The van der Waals surface area contributed by atoms with Crippen LogP contribution in [0, 0.1) is 0 Å². The second-order valence-corrected chi connectivity index (χ2v) is 10.2. The number of halogens is 1. The van der Waals surface area contributed by atoms with Crippen LogP contribution >= 0.6 is 27.3 Å². The molecule has 1 fully saturated rings. The molecule has 0 N–H and O–H groups in total. The van der Waals surface area contributed by atoms with E-state index in [4.69, 9.17) is 4.74 Å². The van der Waals surface area contributed by atoms with Crippen LogP contribution in [-0.4, -0.2) is 54.6 Å². The lowest BCUT2D eigenvalue weighted by atomic mass is 10.2.